The first-order valence-electron chi connectivity index (χ1n) is 4.45. The fourth-order valence-electron chi connectivity index (χ4n) is 1.44. The summed E-state index contributed by atoms with van der Waals surface area (Å²) in [4.78, 5) is 0. The molecule has 13 heavy (non-hydrogen) atoms. The van der Waals surface area contributed by atoms with Crippen LogP contribution >= 0.6 is 0 Å². The molecule has 1 aromatic heterocycles. The van der Waals surface area contributed by atoms with E-state index in [1.807, 2.05) is 13.8 Å². The zero-order chi connectivity index (χ0) is 9.84. The molecular weight excluding hydrogens is 168 g/mol. The maximum Gasteiger partial charge on any atom is 0.215 e. The summed E-state index contributed by atoms with van der Waals surface area (Å²) >= 11 is 0. The van der Waals surface area contributed by atoms with E-state index in [1.54, 1.807) is 11.8 Å². The molecule has 0 saturated heterocycles. The van der Waals surface area contributed by atoms with Crippen LogP contribution in [0.2, 0.25) is 0 Å². The van der Waals surface area contributed by atoms with Crippen LogP contribution < -0.4 is 4.74 Å². The van der Waals surface area contributed by atoms with Gasteiger partial charge in [0.15, 0.2) is 0 Å². The van der Waals surface area contributed by atoms with Crippen LogP contribution in [0.3, 0.4) is 0 Å². The SMILES string of the molecule is CCn1nc(C)c(CCO)c1OC. The summed E-state index contributed by atoms with van der Waals surface area (Å²) in [5.41, 5.74) is 1.94. The molecule has 74 valence electrons. The van der Waals surface area contributed by atoms with E-state index in [1.165, 1.54) is 0 Å². The van der Waals surface area contributed by atoms with Crippen LogP contribution in [-0.2, 0) is 13.0 Å². The molecular formula is C9H16N2O2. The molecule has 0 aliphatic rings. The lowest BCUT2D eigenvalue weighted by molar-refractivity contribution is 0.294. The highest BCUT2D eigenvalue weighted by molar-refractivity contribution is 5.31. The quantitative estimate of drug-likeness (QED) is 0.751. The Bertz CT molecular complexity index is 281. The van der Waals surface area contributed by atoms with Crippen LogP contribution in [0, 0.1) is 6.92 Å². The molecule has 0 aliphatic heterocycles. The first kappa shape index (κ1) is 10.1. The lowest BCUT2D eigenvalue weighted by Gasteiger charge is -2.04. The van der Waals surface area contributed by atoms with E-state index < -0.39 is 0 Å². The minimum Gasteiger partial charge on any atom is -0.481 e. The van der Waals surface area contributed by atoms with Crippen molar-refractivity contribution in [1.29, 1.82) is 0 Å². The number of hydrogen-bond donors (Lipinski definition) is 1. The van der Waals surface area contributed by atoms with Crippen molar-refractivity contribution < 1.29 is 9.84 Å². The Labute approximate surface area is 78.1 Å². The standard InChI is InChI=1S/C9H16N2O2/c1-4-11-9(13-3)8(5-6-12)7(2)10-11/h12H,4-6H2,1-3H3. The Kier molecular flexibility index (Phi) is 3.31. The Morgan fingerprint density at radius 2 is 2.23 bits per heavy atom. The van der Waals surface area contributed by atoms with E-state index in [0.29, 0.717) is 6.42 Å². The van der Waals surface area contributed by atoms with Gasteiger partial charge in [-0.2, -0.15) is 5.10 Å². The number of aryl methyl sites for hydroxylation is 2. The van der Waals surface area contributed by atoms with E-state index in [9.17, 15) is 0 Å². The molecule has 0 atom stereocenters. The van der Waals surface area contributed by atoms with Gasteiger partial charge in [-0.05, 0) is 13.8 Å². The van der Waals surface area contributed by atoms with Gasteiger partial charge in [-0.3, -0.25) is 0 Å². The topological polar surface area (TPSA) is 47.3 Å². The molecule has 1 aromatic rings. The van der Waals surface area contributed by atoms with Gasteiger partial charge in [-0.1, -0.05) is 0 Å². The molecule has 1 heterocycles. The largest absolute Gasteiger partial charge is 0.481 e. The summed E-state index contributed by atoms with van der Waals surface area (Å²) in [7, 11) is 1.63. The lowest BCUT2D eigenvalue weighted by Crippen LogP contribution is -2.01. The van der Waals surface area contributed by atoms with Crippen molar-refractivity contribution in [2.45, 2.75) is 26.8 Å². The molecule has 0 aliphatic carbocycles. The predicted molar refractivity (Wildman–Crippen MR) is 50.0 cm³/mol. The number of aliphatic hydroxyl groups is 1. The van der Waals surface area contributed by atoms with Gasteiger partial charge in [-0.15, -0.1) is 0 Å². The van der Waals surface area contributed by atoms with Gasteiger partial charge in [0.2, 0.25) is 5.88 Å². The molecule has 0 aromatic carbocycles. The molecule has 0 radical (unpaired) electrons. The van der Waals surface area contributed by atoms with Crippen molar-refractivity contribution in [2.75, 3.05) is 13.7 Å². The summed E-state index contributed by atoms with van der Waals surface area (Å²) in [6.07, 6.45) is 0.606. The maximum absolute atomic E-state index is 8.85. The Morgan fingerprint density at radius 3 is 2.69 bits per heavy atom. The van der Waals surface area contributed by atoms with E-state index in [0.717, 1.165) is 23.7 Å². The second-order valence-electron chi connectivity index (χ2n) is 2.86. The Hall–Kier alpha value is -1.03. The molecule has 0 amide bonds. The minimum atomic E-state index is 0.132. The summed E-state index contributed by atoms with van der Waals surface area (Å²) < 4.78 is 7.04. The Morgan fingerprint density at radius 1 is 1.54 bits per heavy atom. The molecule has 0 fully saturated rings. The molecule has 4 nitrogen and oxygen atoms in total. The first-order valence-corrected chi connectivity index (χ1v) is 4.45. The fraction of sp³-hybridized carbons (Fsp3) is 0.667. The number of aromatic nitrogens is 2. The van der Waals surface area contributed by atoms with Gasteiger partial charge in [0.1, 0.15) is 0 Å². The van der Waals surface area contributed by atoms with Gasteiger partial charge < -0.3 is 9.84 Å². The van der Waals surface area contributed by atoms with Crippen LogP contribution in [-0.4, -0.2) is 28.6 Å². The molecule has 1 N–H and O–H groups in total. The molecule has 0 spiro atoms. The van der Waals surface area contributed by atoms with Crippen molar-refractivity contribution in [3.63, 3.8) is 0 Å². The smallest absolute Gasteiger partial charge is 0.215 e. The predicted octanol–water partition coefficient (Wildman–Crippen LogP) is 0.755. The van der Waals surface area contributed by atoms with E-state index in [-0.39, 0.29) is 6.61 Å². The summed E-state index contributed by atoms with van der Waals surface area (Å²) in [6.45, 7) is 4.86. The van der Waals surface area contributed by atoms with Gasteiger partial charge in [-0.25, -0.2) is 4.68 Å². The van der Waals surface area contributed by atoms with Crippen LogP contribution in [0.25, 0.3) is 0 Å². The van der Waals surface area contributed by atoms with E-state index in [4.69, 9.17) is 9.84 Å². The third kappa shape index (κ3) is 1.83. The van der Waals surface area contributed by atoms with Crippen LogP contribution in [0.15, 0.2) is 0 Å². The van der Waals surface area contributed by atoms with Gasteiger partial charge >= 0.3 is 0 Å². The first-order chi connectivity index (χ1) is 6.24. The van der Waals surface area contributed by atoms with Gasteiger partial charge in [0, 0.05) is 25.1 Å². The third-order valence-corrected chi connectivity index (χ3v) is 2.05. The van der Waals surface area contributed by atoms with E-state index >= 15 is 0 Å². The third-order valence-electron chi connectivity index (χ3n) is 2.05. The number of ether oxygens (including phenoxy) is 1. The minimum absolute atomic E-state index is 0.132. The van der Waals surface area contributed by atoms with E-state index in [2.05, 4.69) is 5.10 Å². The number of aliphatic hydroxyl groups excluding tert-OH is 1. The van der Waals surface area contributed by atoms with Crippen molar-refractivity contribution in [1.82, 2.24) is 9.78 Å². The van der Waals surface area contributed by atoms with Crippen molar-refractivity contribution in [3.05, 3.63) is 11.3 Å². The molecule has 0 bridgehead atoms. The molecule has 4 heteroatoms. The second kappa shape index (κ2) is 4.28. The summed E-state index contributed by atoms with van der Waals surface area (Å²) in [6, 6.07) is 0. The van der Waals surface area contributed by atoms with Gasteiger partial charge in [0.05, 0.1) is 12.8 Å². The van der Waals surface area contributed by atoms with Gasteiger partial charge in [0.25, 0.3) is 0 Å². The molecule has 0 saturated carbocycles. The highest BCUT2D eigenvalue weighted by Crippen LogP contribution is 2.21. The summed E-state index contributed by atoms with van der Waals surface area (Å²) in [5.74, 6) is 0.772. The highest BCUT2D eigenvalue weighted by Gasteiger charge is 2.13. The average Bonchev–Trinajstić information content (AvgIpc) is 2.44. The van der Waals surface area contributed by atoms with Crippen LogP contribution in [0.4, 0.5) is 0 Å². The average molecular weight is 184 g/mol. The van der Waals surface area contributed by atoms with Crippen molar-refractivity contribution in [3.8, 4) is 5.88 Å². The normalized spacial score (nSPS) is 10.5. The van der Waals surface area contributed by atoms with Crippen molar-refractivity contribution >= 4 is 0 Å². The lowest BCUT2D eigenvalue weighted by atomic mass is 10.2. The number of hydrogen-bond acceptors (Lipinski definition) is 3. The van der Waals surface area contributed by atoms with Crippen LogP contribution in [0.1, 0.15) is 18.2 Å². The monoisotopic (exact) mass is 184 g/mol. The van der Waals surface area contributed by atoms with Crippen molar-refractivity contribution in [2.24, 2.45) is 0 Å². The zero-order valence-electron chi connectivity index (χ0n) is 8.37. The number of rotatable bonds is 4. The number of nitrogens with zero attached hydrogens (tertiary/aromatic N) is 2. The summed E-state index contributed by atoms with van der Waals surface area (Å²) in [5, 5.41) is 13.2. The molecule has 0 unspecified atom stereocenters. The zero-order valence-corrected chi connectivity index (χ0v) is 8.37. The number of methoxy groups -OCH3 is 1. The van der Waals surface area contributed by atoms with Crippen LogP contribution in [0.5, 0.6) is 5.88 Å². The maximum atomic E-state index is 8.85. The fourth-order valence-corrected chi connectivity index (χ4v) is 1.44. The molecule has 1 rings (SSSR count). The second-order valence-corrected chi connectivity index (χ2v) is 2.86. The highest BCUT2D eigenvalue weighted by atomic mass is 16.5. The Balaban J connectivity index is 3.07.